The zero-order valence-electron chi connectivity index (χ0n) is 22.8. The number of hydrogen-bond acceptors (Lipinski definition) is 6. The Morgan fingerprint density at radius 3 is 2.54 bits per heavy atom. The van der Waals surface area contributed by atoms with Gasteiger partial charge >= 0.3 is 6.18 Å². The Bertz CT molecular complexity index is 1400. The van der Waals surface area contributed by atoms with Gasteiger partial charge in [-0.25, -0.2) is 8.42 Å². The highest BCUT2D eigenvalue weighted by atomic mass is 32.2. The van der Waals surface area contributed by atoms with Crippen molar-refractivity contribution >= 4 is 15.9 Å². The van der Waals surface area contributed by atoms with Gasteiger partial charge in [-0.05, 0) is 86.1 Å². The second-order valence-corrected chi connectivity index (χ2v) is 13.3. The van der Waals surface area contributed by atoms with Gasteiger partial charge in [-0.3, -0.25) is 15.0 Å². The summed E-state index contributed by atoms with van der Waals surface area (Å²) < 4.78 is 72.9. The molecule has 222 valence electrons. The number of carbonyl (C=O) groups excluding carboxylic acids is 1. The highest BCUT2D eigenvalue weighted by Gasteiger charge is 2.67. The fourth-order valence-corrected chi connectivity index (χ4v) is 8.18. The van der Waals surface area contributed by atoms with Gasteiger partial charge in [0.15, 0.2) is 12.0 Å². The van der Waals surface area contributed by atoms with Crippen LogP contribution in [0.3, 0.4) is 0 Å². The number of nitrogens with zero attached hydrogens (tertiary/aromatic N) is 2. The van der Waals surface area contributed by atoms with E-state index in [1.54, 1.807) is 0 Å². The first-order valence-electron chi connectivity index (χ1n) is 14.3. The molecule has 0 saturated carbocycles. The molecule has 2 aromatic carbocycles. The van der Waals surface area contributed by atoms with Gasteiger partial charge in [0.2, 0.25) is 15.9 Å². The number of nitrogens with one attached hydrogen (secondary N) is 2. The summed E-state index contributed by atoms with van der Waals surface area (Å²) in [5, 5.41) is 6.19. The number of aryl methyl sites for hydroxylation is 1. The molecule has 3 saturated heterocycles. The highest BCUT2D eigenvalue weighted by Crippen LogP contribution is 2.46. The van der Waals surface area contributed by atoms with E-state index in [-0.39, 0.29) is 29.8 Å². The first-order chi connectivity index (χ1) is 19.6. The fraction of sp³-hybridized carbons (Fsp3) is 0.552. The summed E-state index contributed by atoms with van der Waals surface area (Å²) in [4.78, 5) is 15.6. The van der Waals surface area contributed by atoms with Crippen LogP contribution in [0.4, 0.5) is 13.2 Å². The van der Waals surface area contributed by atoms with Crippen molar-refractivity contribution in [3.63, 3.8) is 0 Å². The van der Waals surface area contributed by atoms with Crippen LogP contribution in [0.5, 0.6) is 0 Å². The number of piperazine rings is 1. The molecule has 2 aromatic rings. The van der Waals surface area contributed by atoms with Crippen LogP contribution in [0.1, 0.15) is 66.8 Å². The third kappa shape index (κ3) is 5.77. The van der Waals surface area contributed by atoms with Crippen LogP contribution in [0, 0.1) is 0 Å². The Morgan fingerprint density at radius 2 is 1.80 bits per heavy atom. The van der Waals surface area contributed by atoms with Crippen molar-refractivity contribution in [2.24, 2.45) is 0 Å². The quantitative estimate of drug-likeness (QED) is 0.474. The van der Waals surface area contributed by atoms with Gasteiger partial charge in [0.1, 0.15) is 0 Å². The fourth-order valence-electron chi connectivity index (χ4n) is 6.50. The van der Waals surface area contributed by atoms with Crippen LogP contribution in [0.15, 0.2) is 47.4 Å². The van der Waals surface area contributed by atoms with Crippen molar-refractivity contribution in [2.45, 2.75) is 80.6 Å². The molecule has 2 N–H and O–H groups in total. The third-order valence-corrected chi connectivity index (χ3v) is 10.6. The second kappa shape index (κ2) is 11.0. The summed E-state index contributed by atoms with van der Waals surface area (Å²) in [6.45, 7) is 3.51. The topological polar surface area (TPSA) is 94.3 Å². The van der Waals surface area contributed by atoms with Gasteiger partial charge in [0, 0.05) is 19.6 Å². The number of fused-ring (bicyclic) bond motifs is 2. The predicted octanol–water partition coefficient (Wildman–Crippen LogP) is 3.92. The van der Waals surface area contributed by atoms with E-state index in [0.717, 1.165) is 73.0 Å². The largest absolute Gasteiger partial charge is 0.416 e. The minimum atomic E-state index is -4.58. The Kier molecular flexibility index (Phi) is 7.65. The molecule has 0 spiro atoms. The lowest BCUT2D eigenvalue weighted by atomic mass is 9.86. The standard InChI is InChI=1S/C29H35F3N4O4S/c30-29(31,32)22-8-10-23(11-9-22)41(38,39)36-16-13-33-27-28(36,40-27)18-26(37)34-25-6-4-5-21-17-20(7-12-24(21)25)19-35-14-2-1-3-15-35/h7-12,17,25,27,33H,1-6,13-16,18-19H2,(H,34,37)/t25-,27?,28?/m1/s1. The number of hydrogen-bond donors (Lipinski definition) is 2. The van der Waals surface area contributed by atoms with Crippen LogP contribution in [-0.4, -0.2) is 61.7 Å². The Balaban J connectivity index is 1.15. The minimum absolute atomic E-state index is 0.0270. The number of benzene rings is 2. The summed E-state index contributed by atoms with van der Waals surface area (Å²) in [5.41, 5.74) is 1.26. The van der Waals surface area contributed by atoms with E-state index in [2.05, 4.69) is 33.7 Å². The number of carbonyl (C=O) groups is 1. The first-order valence-corrected chi connectivity index (χ1v) is 15.7. The van der Waals surface area contributed by atoms with E-state index >= 15 is 0 Å². The monoisotopic (exact) mass is 592 g/mol. The molecule has 0 aromatic heterocycles. The van der Waals surface area contributed by atoms with E-state index in [0.29, 0.717) is 6.54 Å². The van der Waals surface area contributed by atoms with Gasteiger partial charge in [-0.1, -0.05) is 24.6 Å². The number of alkyl halides is 3. The molecule has 3 aliphatic heterocycles. The summed E-state index contributed by atoms with van der Waals surface area (Å²) in [5.74, 6) is -0.334. The lowest BCUT2D eigenvalue weighted by Crippen LogP contribution is -2.55. The lowest BCUT2D eigenvalue weighted by Gasteiger charge is -2.33. The Hall–Kier alpha value is -2.51. The zero-order valence-corrected chi connectivity index (χ0v) is 23.6. The van der Waals surface area contributed by atoms with E-state index in [1.165, 1.54) is 30.4 Å². The number of amides is 1. The van der Waals surface area contributed by atoms with Crippen molar-refractivity contribution in [2.75, 3.05) is 26.2 Å². The first kappa shape index (κ1) is 28.6. The molecule has 0 bridgehead atoms. The molecule has 3 heterocycles. The number of halogens is 3. The number of sulfonamides is 1. The molecule has 12 heteroatoms. The Morgan fingerprint density at radius 1 is 1.05 bits per heavy atom. The maximum Gasteiger partial charge on any atom is 0.416 e. The van der Waals surface area contributed by atoms with Gasteiger partial charge < -0.3 is 10.1 Å². The van der Waals surface area contributed by atoms with Crippen LogP contribution in [0.25, 0.3) is 0 Å². The predicted molar refractivity (Wildman–Crippen MR) is 145 cm³/mol. The average molecular weight is 593 g/mol. The molecule has 0 radical (unpaired) electrons. The third-order valence-electron chi connectivity index (χ3n) is 8.64. The zero-order chi connectivity index (χ0) is 28.8. The molecule has 1 amide bonds. The molecule has 8 nitrogen and oxygen atoms in total. The second-order valence-electron chi connectivity index (χ2n) is 11.5. The maximum absolute atomic E-state index is 13.5. The van der Waals surface area contributed by atoms with E-state index in [4.69, 9.17) is 4.74 Å². The molecule has 6 rings (SSSR count). The lowest BCUT2D eigenvalue weighted by molar-refractivity contribution is -0.137. The molecular formula is C29H35F3N4O4S. The van der Waals surface area contributed by atoms with Crippen LogP contribution >= 0.6 is 0 Å². The maximum atomic E-state index is 13.5. The van der Waals surface area contributed by atoms with Gasteiger partial charge in [-0.15, -0.1) is 0 Å². The summed E-state index contributed by atoms with van der Waals surface area (Å²) >= 11 is 0. The number of rotatable bonds is 7. The number of likely N-dealkylation sites (tertiary alicyclic amines) is 1. The number of epoxide rings is 1. The molecule has 3 fully saturated rings. The van der Waals surface area contributed by atoms with Crippen molar-refractivity contribution in [3.05, 3.63) is 64.7 Å². The van der Waals surface area contributed by atoms with Crippen molar-refractivity contribution < 1.29 is 31.1 Å². The molecule has 2 unspecified atom stereocenters. The van der Waals surface area contributed by atoms with Crippen molar-refractivity contribution in [1.29, 1.82) is 0 Å². The molecular weight excluding hydrogens is 557 g/mol. The minimum Gasteiger partial charge on any atom is -0.349 e. The number of ether oxygens (including phenoxy) is 1. The van der Waals surface area contributed by atoms with E-state index in [9.17, 15) is 26.4 Å². The summed E-state index contributed by atoms with van der Waals surface area (Å²) in [6, 6.07) is 9.71. The normalized spacial score (nSPS) is 27.1. The molecule has 41 heavy (non-hydrogen) atoms. The van der Waals surface area contributed by atoms with Gasteiger partial charge in [-0.2, -0.15) is 17.5 Å². The highest BCUT2D eigenvalue weighted by molar-refractivity contribution is 7.89. The van der Waals surface area contributed by atoms with E-state index < -0.39 is 33.7 Å². The Labute approximate surface area is 238 Å². The van der Waals surface area contributed by atoms with Crippen LogP contribution in [0.2, 0.25) is 0 Å². The summed E-state index contributed by atoms with van der Waals surface area (Å²) in [6.07, 6.45) is 0.989. The molecule has 1 aliphatic carbocycles. The molecule has 3 atom stereocenters. The smallest absolute Gasteiger partial charge is 0.349 e. The van der Waals surface area contributed by atoms with Crippen molar-refractivity contribution in [1.82, 2.24) is 19.8 Å². The molecule has 4 aliphatic rings. The number of piperidine rings is 1. The average Bonchev–Trinajstić information content (AvgIpc) is 3.67. The SMILES string of the molecule is O=C(CC12OC1NCCN2S(=O)(=O)c1ccc(C(F)(F)F)cc1)N[C@@H]1CCCc2cc(CN3CCCCC3)ccc21. The van der Waals surface area contributed by atoms with Crippen molar-refractivity contribution in [3.8, 4) is 0 Å². The summed E-state index contributed by atoms with van der Waals surface area (Å²) in [7, 11) is -4.22. The van der Waals surface area contributed by atoms with E-state index in [1.807, 2.05) is 0 Å². The van der Waals surface area contributed by atoms with Gasteiger partial charge in [0.05, 0.1) is 22.9 Å². The van der Waals surface area contributed by atoms with Gasteiger partial charge in [0.25, 0.3) is 0 Å². The van der Waals surface area contributed by atoms with Crippen LogP contribution < -0.4 is 10.6 Å². The van der Waals surface area contributed by atoms with Crippen LogP contribution in [-0.2, 0) is 38.7 Å².